The molecule has 23 heavy (non-hydrogen) atoms. The summed E-state index contributed by atoms with van der Waals surface area (Å²) in [4.78, 5) is 22.4. The number of rotatable bonds is 2. The number of amides is 1. The number of nitrogens with zero attached hydrogens (tertiary/aromatic N) is 3. The highest BCUT2D eigenvalue weighted by Crippen LogP contribution is 2.26. The number of imidazole rings is 1. The van der Waals surface area contributed by atoms with Crippen LogP contribution in [0.4, 0.5) is 0 Å². The average Bonchev–Trinajstić information content (AvgIpc) is 3.15. The summed E-state index contributed by atoms with van der Waals surface area (Å²) in [7, 11) is 0. The van der Waals surface area contributed by atoms with Crippen LogP contribution < -0.4 is 0 Å². The first kappa shape index (κ1) is 15.8. The van der Waals surface area contributed by atoms with Crippen LogP contribution in [0.2, 0.25) is 0 Å². The van der Waals surface area contributed by atoms with Crippen molar-refractivity contribution in [1.82, 2.24) is 25.1 Å². The van der Waals surface area contributed by atoms with Gasteiger partial charge in [-0.15, -0.1) is 0 Å². The molecule has 2 aromatic heterocycles. The normalized spacial score (nSPS) is 19.1. The Kier molecular flexibility index (Phi) is 4.00. The second kappa shape index (κ2) is 5.83. The minimum Gasteiger partial charge on any atom is -0.346 e. The minimum absolute atomic E-state index is 0.00438. The standard InChI is InChI=1S/C17H25N5O/c1-11-9-18-15(19-11)12-6-5-7-22(10-12)16(23)13-8-14(21-20-13)17(2,3)4/h8-9,12H,5-7,10H2,1-4H3,(H,18,19)(H,20,21)/t12-/m1/s1. The van der Waals surface area contributed by atoms with Crippen molar-refractivity contribution in [3.05, 3.63) is 35.2 Å². The highest BCUT2D eigenvalue weighted by molar-refractivity contribution is 5.92. The number of piperidine rings is 1. The van der Waals surface area contributed by atoms with Crippen LogP contribution in [0.25, 0.3) is 0 Å². The Morgan fingerprint density at radius 1 is 1.39 bits per heavy atom. The molecule has 1 aliphatic rings. The van der Waals surface area contributed by atoms with E-state index < -0.39 is 0 Å². The fraction of sp³-hybridized carbons (Fsp3) is 0.588. The Hall–Kier alpha value is -2.11. The zero-order valence-corrected chi connectivity index (χ0v) is 14.3. The third kappa shape index (κ3) is 3.30. The van der Waals surface area contributed by atoms with Gasteiger partial charge in [0.25, 0.3) is 5.91 Å². The van der Waals surface area contributed by atoms with Crippen molar-refractivity contribution in [3.63, 3.8) is 0 Å². The lowest BCUT2D eigenvalue weighted by molar-refractivity contribution is 0.0699. The first-order valence-corrected chi connectivity index (χ1v) is 8.21. The molecule has 2 N–H and O–H groups in total. The molecule has 0 spiro atoms. The van der Waals surface area contributed by atoms with Gasteiger partial charge in [0.05, 0.1) is 0 Å². The monoisotopic (exact) mass is 315 g/mol. The fourth-order valence-electron chi connectivity index (χ4n) is 3.00. The van der Waals surface area contributed by atoms with Crippen LogP contribution >= 0.6 is 0 Å². The number of carbonyl (C=O) groups is 1. The lowest BCUT2D eigenvalue weighted by atomic mass is 9.92. The third-order valence-corrected chi connectivity index (χ3v) is 4.42. The van der Waals surface area contributed by atoms with Gasteiger partial charge < -0.3 is 9.88 Å². The zero-order chi connectivity index (χ0) is 16.6. The molecule has 0 saturated carbocycles. The predicted molar refractivity (Wildman–Crippen MR) is 88.5 cm³/mol. The maximum absolute atomic E-state index is 12.7. The molecule has 6 nitrogen and oxygen atoms in total. The van der Waals surface area contributed by atoms with Gasteiger partial charge >= 0.3 is 0 Å². The summed E-state index contributed by atoms with van der Waals surface area (Å²) < 4.78 is 0. The molecule has 1 amide bonds. The maximum Gasteiger partial charge on any atom is 0.274 e. The molecule has 1 atom stereocenters. The number of aromatic amines is 2. The minimum atomic E-state index is -0.0400. The summed E-state index contributed by atoms with van der Waals surface area (Å²) in [6.45, 7) is 9.79. The van der Waals surface area contributed by atoms with Gasteiger partial charge in [-0.2, -0.15) is 5.10 Å². The van der Waals surface area contributed by atoms with Crippen molar-refractivity contribution in [2.75, 3.05) is 13.1 Å². The zero-order valence-electron chi connectivity index (χ0n) is 14.3. The van der Waals surface area contributed by atoms with Crippen LogP contribution in [0.5, 0.6) is 0 Å². The van der Waals surface area contributed by atoms with Crippen molar-refractivity contribution in [2.24, 2.45) is 0 Å². The largest absolute Gasteiger partial charge is 0.346 e. The smallest absolute Gasteiger partial charge is 0.274 e. The number of hydrogen-bond donors (Lipinski definition) is 2. The Balaban J connectivity index is 1.73. The maximum atomic E-state index is 12.7. The third-order valence-electron chi connectivity index (χ3n) is 4.42. The summed E-state index contributed by atoms with van der Waals surface area (Å²) in [5.41, 5.74) is 2.51. The van der Waals surface area contributed by atoms with Crippen LogP contribution in [0.15, 0.2) is 12.3 Å². The van der Waals surface area contributed by atoms with Crippen molar-refractivity contribution in [1.29, 1.82) is 0 Å². The van der Waals surface area contributed by atoms with Crippen LogP contribution in [0, 0.1) is 6.92 Å². The van der Waals surface area contributed by atoms with Gasteiger partial charge in [-0.1, -0.05) is 20.8 Å². The van der Waals surface area contributed by atoms with E-state index in [-0.39, 0.29) is 17.2 Å². The highest BCUT2D eigenvalue weighted by Gasteiger charge is 2.29. The fourth-order valence-corrected chi connectivity index (χ4v) is 3.00. The van der Waals surface area contributed by atoms with Crippen LogP contribution in [-0.4, -0.2) is 44.1 Å². The highest BCUT2D eigenvalue weighted by atomic mass is 16.2. The van der Waals surface area contributed by atoms with Crippen molar-refractivity contribution in [3.8, 4) is 0 Å². The van der Waals surface area contributed by atoms with E-state index in [0.29, 0.717) is 12.2 Å². The molecule has 1 saturated heterocycles. The number of H-pyrrole nitrogens is 2. The van der Waals surface area contributed by atoms with E-state index in [1.807, 2.05) is 24.1 Å². The molecule has 0 aromatic carbocycles. The number of nitrogens with one attached hydrogen (secondary N) is 2. The SMILES string of the molecule is Cc1cnc([C@@H]2CCCN(C(=O)c3cc(C(C)(C)C)[nH]n3)C2)[nH]1. The predicted octanol–water partition coefficient (Wildman–Crippen LogP) is 2.76. The Morgan fingerprint density at radius 2 is 2.17 bits per heavy atom. The lowest BCUT2D eigenvalue weighted by Gasteiger charge is -2.31. The van der Waals surface area contributed by atoms with E-state index in [2.05, 4.69) is 40.9 Å². The van der Waals surface area contributed by atoms with Gasteiger partial charge in [-0.25, -0.2) is 4.98 Å². The van der Waals surface area contributed by atoms with Crippen molar-refractivity contribution in [2.45, 2.75) is 51.9 Å². The summed E-state index contributed by atoms with van der Waals surface area (Å²) in [5, 5.41) is 7.22. The molecule has 1 fully saturated rings. The number of carbonyl (C=O) groups excluding carboxylic acids is 1. The molecule has 0 radical (unpaired) electrons. The molecule has 3 heterocycles. The molecule has 1 aliphatic heterocycles. The molecular weight excluding hydrogens is 290 g/mol. The second-order valence-electron chi connectivity index (χ2n) is 7.46. The van der Waals surface area contributed by atoms with E-state index >= 15 is 0 Å². The molecule has 0 unspecified atom stereocenters. The molecule has 124 valence electrons. The van der Waals surface area contributed by atoms with Gasteiger partial charge in [0.1, 0.15) is 11.5 Å². The molecule has 6 heteroatoms. The first-order chi connectivity index (χ1) is 10.8. The number of aromatic nitrogens is 4. The van der Waals surface area contributed by atoms with Crippen LogP contribution in [0.3, 0.4) is 0 Å². The van der Waals surface area contributed by atoms with E-state index in [1.165, 1.54) is 0 Å². The average molecular weight is 315 g/mol. The number of aryl methyl sites for hydroxylation is 1. The second-order valence-corrected chi connectivity index (χ2v) is 7.46. The summed E-state index contributed by atoms with van der Waals surface area (Å²) >= 11 is 0. The van der Waals surface area contributed by atoms with Gasteiger partial charge in [-0.05, 0) is 25.8 Å². The van der Waals surface area contributed by atoms with E-state index in [1.54, 1.807) is 0 Å². The van der Waals surface area contributed by atoms with Gasteiger partial charge in [0.15, 0.2) is 0 Å². The Morgan fingerprint density at radius 3 is 2.78 bits per heavy atom. The molecule has 0 bridgehead atoms. The van der Waals surface area contributed by atoms with Crippen molar-refractivity contribution < 1.29 is 4.79 Å². The lowest BCUT2D eigenvalue weighted by Crippen LogP contribution is -2.39. The summed E-state index contributed by atoms with van der Waals surface area (Å²) in [6.07, 6.45) is 3.90. The van der Waals surface area contributed by atoms with Crippen LogP contribution in [-0.2, 0) is 5.41 Å². The summed E-state index contributed by atoms with van der Waals surface area (Å²) in [6, 6.07) is 1.88. The van der Waals surface area contributed by atoms with E-state index in [9.17, 15) is 4.79 Å². The van der Waals surface area contributed by atoms with Gasteiger partial charge in [-0.3, -0.25) is 9.89 Å². The van der Waals surface area contributed by atoms with E-state index in [4.69, 9.17) is 0 Å². The topological polar surface area (TPSA) is 77.7 Å². The molecule has 0 aliphatic carbocycles. The number of hydrogen-bond acceptors (Lipinski definition) is 3. The van der Waals surface area contributed by atoms with Gasteiger partial charge in [0, 0.05) is 42.0 Å². The van der Waals surface area contributed by atoms with Crippen molar-refractivity contribution >= 4 is 5.91 Å². The number of likely N-dealkylation sites (tertiary alicyclic amines) is 1. The Bertz CT molecular complexity index is 694. The molecule has 2 aromatic rings. The Labute approximate surface area is 136 Å². The quantitative estimate of drug-likeness (QED) is 0.894. The van der Waals surface area contributed by atoms with E-state index in [0.717, 1.165) is 36.6 Å². The molecular formula is C17H25N5O. The first-order valence-electron chi connectivity index (χ1n) is 8.21. The molecule has 3 rings (SSSR count). The van der Waals surface area contributed by atoms with Gasteiger partial charge in [0.2, 0.25) is 0 Å². The van der Waals surface area contributed by atoms with Crippen LogP contribution in [0.1, 0.15) is 67.2 Å². The summed E-state index contributed by atoms with van der Waals surface area (Å²) in [5.74, 6) is 1.27.